The Balaban J connectivity index is 1.44. The van der Waals surface area contributed by atoms with Gasteiger partial charge in [-0.1, -0.05) is 17.8 Å². The molecule has 6 nitrogen and oxygen atoms in total. The van der Waals surface area contributed by atoms with Crippen molar-refractivity contribution in [3.63, 3.8) is 0 Å². The molecule has 0 saturated carbocycles. The Labute approximate surface area is 167 Å². The minimum atomic E-state index is -0.0976. The number of thioether (sulfide) groups is 1. The van der Waals surface area contributed by atoms with Crippen LogP contribution in [0.2, 0.25) is 0 Å². The molecule has 2 aromatic carbocycles. The maximum Gasteiger partial charge on any atom is 0.234 e. The summed E-state index contributed by atoms with van der Waals surface area (Å²) in [7, 11) is 0. The van der Waals surface area contributed by atoms with Crippen LogP contribution in [0.3, 0.4) is 0 Å². The fourth-order valence-electron chi connectivity index (χ4n) is 3.13. The van der Waals surface area contributed by atoms with Crippen LogP contribution in [0.1, 0.15) is 17.0 Å². The number of nitrogens with zero attached hydrogens (tertiary/aromatic N) is 3. The average Bonchev–Trinajstić information content (AvgIpc) is 3.24. The molecular formula is C21H20N4O2S. The lowest BCUT2D eigenvalue weighted by molar-refractivity contribution is -0.113. The quantitative estimate of drug-likeness (QED) is 0.500. The van der Waals surface area contributed by atoms with Gasteiger partial charge >= 0.3 is 0 Å². The third-order valence-electron chi connectivity index (χ3n) is 4.20. The third kappa shape index (κ3) is 3.94. The molecule has 142 valence electrons. The van der Waals surface area contributed by atoms with Crippen molar-refractivity contribution < 1.29 is 9.21 Å². The summed E-state index contributed by atoms with van der Waals surface area (Å²) >= 11 is 1.40. The van der Waals surface area contributed by atoms with Crippen molar-refractivity contribution in [1.29, 1.82) is 0 Å². The van der Waals surface area contributed by atoms with Crippen molar-refractivity contribution in [1.82, 2.24) is 14.5 Å². The zero-order valence-corrected chi connectivity index (χ0v) is 16.7. The van der Waals surface area contributed by atoms with E-state index in [1.54, 1.807) is 13.1 Å². The maximum atomic E-state index is 12.4. The molecule has 2 heterocycles. The number of carbonyl (C=O) groups excluding carboxylic acids is 1. The van der Waals surface area contributed by atoms with Gasteiger partial charge < -0.3 is 9.73 Å². The van der Waals surface area contributed by atoms with Crippen LogP contribution in [-0.4, -0.2) is 26.2 Å². The lowest BCUT2D eigenvalue weighted by Gasteiger charge is -2.10. The highest BCUT2D eigenvalue weighted by atomic mass is 32.2. The van der Waals surface area contributed by atoms with Crippen LogP contribution in [0.4, 0.5) is 5.69 Å². The van der Waals surface area contributed by atoms with Crippen molar-refractivity contribution in [3.05, 3.63) is 65.8 Å². The molecular weight excluding hydrogens is 372 g/mol. The SMILES string of the molecule is Cc1cc(C)cc(-n2ccnc2SCC(=O)Nc2ccc3oc(C)nc3c2)c1. The highest BCUT2D eigenvalue weighted by Crippen LogP contribution is 2.23. The first kappa shape index (κ1) is 18.3. The minimum absolute atomic E-state index is 0.0976. The molecule has 1 N–H and O–H groups in total. The van der Waals surface area contributed by atoms with Gasteiger partial charge in [0.2, 0.25) is 5.91 Å². The van der Waals surface area contributed by atoms with E-state index in [4.69, 9.17) is 4.42 Å². The molecule has 7 heteroatoms. The van der Waals surface area contributed by atoms with Crippen molar-refractivity contribution >= 4 is 34.5 Å². The second-order valence-electron chi connectivity index (χ2n) is 6.68. The number of aryl methyl sites for hydroxylation is 3. The fraction of sp³-hybridized carbons (Fsp3) is 0.190. The number of fused-ring (bicyclic) bond motifs is 1. The highest BCUT2D eigenvalue weighted by Gasteiger charge is 2.11. The molecule has 0 spiro atoms. The van der Waals surface area contributed by atoms with Crippen molar-refractivity contribution in [2.75, 3.05) is 11.1 Å². The van der Waals surface area contributed by atoms with Crippen LogP contribution in [0.25, 0.3) is 16.8 Å². The zero-order valence-electron chi connectivity index (χ0n) is 15.9. The zero-order chi connectivity index (χ0) is 19.7. The minimum Gasteiger partial charge on any atom is -0.441 e. The number of oxazole rings is 1. The van der Waals surface area contributed by atoms with E-state index in [-0.39, 0.29) is 11.7 Å². The Morgan fingerprint density at radius 1 is 1.14 bits per heavy atom. The topological polar surface area (TPSA) is 73.0 Å². The number of hydrogen-bond acceptors (Lipinski definition) is 5. The number of rotatable bonds is 5. The smallest absolute Gasteiger partial charge is 0.234 e. The van der Waals surface area contributed by atoms with E-state index in [2.05, 4.69) is 47.3 Å². The highest BCUT2D eigenvalue weighted by molar-refractivity contribution is 7.99. The molecule has 4 aromatic rings. The summed E-state index contributed by atoms with van der Waals surface area (Å²) in [5.41, 5.74) is 5.56. The Bertz CT molecular complexity index is 1140. The number of amides is 1. The second-order valence-corrected chi connectivity index (χ2v) is 7.62. The van der Waals surface area contributed by atoms with Crippen LogP contribution in [0.15, 0.2) is 58.4 Å². The molecule has 4 rings (SSSR count). The summed E-state index contributed by atoms with van der Waals surface area (Å²) in [5.74, 6) is 0.768. The predicted octanol–water partition coefficient (Wildman–Crippen LogP) is 4.67. The molecule has 0 bridgehead atoms. The monoisotopic (exact) mass is 392 g/mol. The molecule has 0 aliphatic heterocycles. The van der Waals surface area contributed by atoms with Crippen LogP contribution in [0.5, 0.6) is 0 Å². The van der Waals surface area contributed by atoms with Gasteiger partial charge in [0, 0.05) is 30.7 Å². The first-order valence-electron chi connectivity index (χ1n) is 8.90. The Kier molecular flexibility index (Phi) is 4.92. The van der Waals surface area contributed by atoms with E-state index in [9.17, 15) is 4.79 Å². The second kappa shape index (κ2) is 7.52. The summed E-state index contributed by atoms with van der Waals surface area (Å²) in [4.78, 5) is 21.1. The summed E-state index contributed by atoms with van der Waals surface area (Å²) in [6.45, 7) is 5.94. The van der Waals surface area contributed by atoms with Gasteiger partial charge in [0.25, 0.3) is 0 Å². The first-order chi connectivity index (χ1) is 13.5. The lowest BCUT2D eigenvalue weighted by atomic mass is 10.1. The first-order valence-corrected chi connectivity index (χ1v) is 9.88. The maximum absolute atomic E-state index is 12.4. The number of hydrogen-bond donors (Lipinski definition) is 1. The number of benzene rings is 2. The Hall–Kier alpha value is -3.06. The Morgan fingerprint density at radius 2 is 1.93 bits per heavy atom. The van der Waals surface area contributed by atoms with Crippen LogP contribution >= 0.6 is 11.8 Å². The molecule has 0 fully saturated rings. The molecule has 0 aliphatic carbocycles. The van der Waals surface area contributed by atoms with Crippen molar-refractivity contribution in [2.45, 2.75) is 25.9 Å². The van der Waals surface area contributed by atoms with Crippen LogP contribution < -0.4 is 5.32 Å². The van der Waals surface area contributed by atoms with Crippen molar-refractivity contribution in [2.24, 2.45) is 0 Å². The molecule has 0 radical (unpaired) electrons. The molecule has 0 aliphatic rings. The van der Waals surface area contributed by atoms with Gasteiger partial charge in [-0.25, -0.2) is 9.97 Å². The summed E-state index contributed by atoms with van der Waals surface area (Å²) < 4.78 is 7.46. The molecule has 1 amide bonds. The number of carbonyl (C=O) groups is 1. The molecule has 2 aromatic heterocycles. The van der Waals surface area contributed by atoms with Gasteiger partial charge in [-0.2, -0.15) is 0 Å². The van der Waals surface area contributed by atoms with Crippen LogP contribution in [-0.2, 0) is 4.79 Å². The van der Waals surface area contributed by atoms with Gasteiger partial charge in [0.15, 0.2) is 16.6 Å². The van der Waals surface area contributed by atoms with Gasteiger partial charge in [-0.3, -0.25) is 9.36 Å². The van der Waals surface area contributed by atoms with Gasteiger partial charge in [-0.05, 0) is 55.3 Å². The van der Waals surface area contributed by atoms with Crippen molar-refractivity contribution in [3.8, 4) is 5.69 Å². The Morgan fingerprint density at radius 3 is 2.71 bits per heavy atom. The van der Waals surface area contributed by atoms with E-state index in [0.717, 1.165) is 16.4 Å². The van der Waals surface area contributed by atoms with E-state index in [1.165, 1.54) is 22.9 Å². The lowest BCUT2D eigenvalue weighted by Crippen LogP contribution is -2.14. The molecule has 28 heavy (non-hydrogen) atoms. The number of aromatic nitrogens is 3. The number of imidazole rings is 1. The van der Waals surface area contributed by atoms with E-state index < -0.39 is 0 Å². The van der Waals surface area contributed by atoms with E-state index in [0.29, 0.717) is 17.2 Å². The predicted molar refractivity (Wildman–Crippen MR) is 111 cm³/mol. The van der Waals surface area contributed by atoms with Gasteiger partial charge in [0.1, 0.15) is 5.52 Å². The standard InChI is InChI=1S/C21H20N4O2S/c1-13-8-14(2)10-17(9-13)25-7-6-22-21(25)28-12-20(26)24-16-4-5-19-18(11-16)23-15(3)27-19/h4-11H,12H2,1-3H3,(H,24,26). The summed E-state index contributed by atoms with van der Waals surface area (Å²) in [5, 5.41) is 3.69. The molecule has 0 unspecified atom stereocenters. The van der Waals surface area contributed by atoms with Crippen LogP contribution in [0, 0.1) is 20.8 Å². The third-order valence-corrected chi connectivity index (χ3v) is 5.17. The number of anilines is 1. The fourth-order valence-corrected chi connectivity index (χ4v) is 3.90. The number of nitrogens with one attached hydrogen (secondary N) is 1. The van der Waals surface area contributed by atoms with E-state index in [1.807, 2.05) is 29.0 Å². The van der Waals surface area contributed by atoms with Gasteiger partial charge in [-0.15, -0.1) is 0 Å². The van der Waals surface area contributed by atoms with Gasteiger partial charge in [0.05, 0.1) is 5.75 Å². The summed E-state index contributed by atoms with van der Waals surface area (Å²) in [6.07, 6.45) is 3.66. The van der Waals surface area contributed by atoms with E-state index >= 15 is 0 Å². The molecule has 0 saturated heterocycles. The average molecular weight is 392 g/mol. The largest absolute Gasteiger partial charge is 0.441 e. The normalized spacial score (nSPS) is 11.1. The summed E-state index contributed by atoms with van der Waals surface area (Å²) in [6, 6.07) is 11.8. The molecule has 0 atom stereocenters.